The van der Waals surface area contributed by atoms with E-state index in [-0.39, 0.29) is 11.6 Å². The number of hydrogen-bond donors (Lipinski definition) is 1. The SMILES string of the molecule is Cn1nc(-c2cccs2)nc1C(C)(N)C(F)(F)F. The van der Waals surface area contributed by atoms with Crippen molar-refractivity contribution in [2.45, 2.75) is 18.6 Å². The van der Waals surface area contributed by atoms with Crippen LogP contribution in [-0.2, 0) is 12.6 Å². The van der Waals surface area contributed by atoms with Crippen LogP contribution in [0.5, 0.6) is 0 Å². The van der Waals surface area contributed by atoms with Crippen LogP contribution in [0.25, 0.3) is 10.7 Å². The molecule has 1 atom stereocenters. The predicted octanol–water partition coefficient (Wildman–Crippen LogP) is 2.28. The molecule has 8 heteroatoms. The molecule has 0 bridgehead atoms. The van der Waals surface area contributed by atoms with Crippen molar-refractivity contribution in [3.05, 3.63) is 23.3 Å². The van der Waals surface area contributed by atoms with E-state index < -0.39 is 11.7 Å². The third-order valence-electron chi connectivity index (χ3n) is 2.56. The minimum atomic E-state index is -4.58. The highest BCUT2D eigenvalue weighted by atomic mass is 32.1. The van der Waals surface area contributed by atoms with E-state index in [2.05, 4.69) is 10.1 Å². The van der Waals surface area contributed by atoms with Crippen LogP contribution in [0.2, 0.25) is 0 Å². The lowest BCUT2D eigenvalue weighted by atomic mass is 10.0. The predicted molar refractivity (Wildman–Crippen MR) is 61.9 cm³/mol. The largest absolute Gasteiger partial charge is 0.413 e. The summed E-state index contributed by atoms with van der Waals surface area (Å²) < 4.78 is 39.6. The Bertz CT molecular complexity index is 542. The molecule has 0 aliphatic heterocycles. The van der Waals surface area contributed by atoms with Crippen LogP contribution in [0, 0.1) is 0 Å². The zero-order chi connectivity index (χ0) is 13.6. The second-order valence-electron chi connectivity index (χ2n) is 4.06. The zero-order valence-electron chi connectivity index (χ0n) is 9.69. The summed E-state index contributed by atoms with van der Waals surface area (Å²) in [6, 6.07) is 3.52. The van der Waals surface area contributed by atoms with Gasteiger partial charge in [0.05, 0.1) is 4.88 Å². The average Bonchev–Trinajstić information content (AvgIpc) is 2.83. The molecule has 0 saturated heterocycles. The van der Waals surface area contributed by atoms with Crippen LogP contribution < -0.4 is 5.73 Å². The van der Waals surface area contributed by atoms with Crippen molar-refractivity contribution in [1.82, 2.24) is 14.8 Å². The first-order valence-electron chi connectivity index (χ1n) is 5.04. The lowest BCUT2D eigenvalue weighted by molar-refractivity contribution is -0.187. The highest BCUT2D eigenvalue weighted by molar-refractivity contribution is 7.13. The molecule has 4 nitrogen and oxygen atoms in total. The van der Waals surface area contributed by atoms with E-state index in [1.165, 1.54) is 18.4 Å². The van der Waals surface area contributed by atoms with E-state index in [1.54, 1.807) is 17.5 Å². The fraction of sp³-hybridized carbons (Fsp3) is 0.400. The van der Waals surface area contributed by atoms with Crippen molar-refractivity contribution in [3.63, 3.8) is 0 Å². The first-order valence-corrected chi connectivity index (χ1v) is 5.92. The summed E-state index contributed by atoms with van der Waals surface area (Å²) in [5, 5.41) is 5.77. The number of thiophene rings is 1. The molecule has 0 saturated carbocycles. The molecule has 0 radical (unpaired) electrons. The third-order valence-corrected chi connectivity index (χ3v) is 3.42. The van der Waals surface area contributed by atoms with Gasteiger partial charge in [0.25, 0.3) is 0 Å². The summed E-state index contributed by atoms with van der Waals surface area (Å²) in [4.78, 5) is 4.61. The average molecular weight is 276 g/mol. The normalized spacial score (nSPS) is 15.7. The second kappa shape index (κ2) is 4.06. The maximum atomic E-state index is 12.8. The molecule has 1 unspecified atom stereocenters. The molecule has 0 amide bonds. The summed E-state index contributed by atoms with van der Waals surface area (Å²) in [5.74, 6) is -0.0539. The zero-order valence-corrected chi connectivity index (χ0v) is 10.5. The number of hydrogen-bond acceptors (Lipinski definition) is 4. The summed E-state index contributed by atoms with van der Waals surface area (Å²) >= 11 is 1.36. The molecule has 2 rings (SSSR count). The molecule has 0 fully saturated rings. The highest BCUT2D eigenvalue weighted by Gasteiger charge is 2.52. The van der Waals surface area contributed by atoms with Gasteiger partial charge in [0.1, 0.15) is 0 Å². The first kappa shape index (κ1) is 13.0. The molecular formula is C10H11F3N4S. The van der Waals surface area contributed by atoms with Crippen LogP contribution in [0.4, 0.5) is 13.2 Å². The first-order chi connectivity index (χ1) is 8.23. The molecule has 2 N–H and O–H groups in total. The van der Waals surface area contributed by atoms with E-state index in [1.807, 2.05) is 0 Å². The van der Waals surface area contributed by atoms with Gasteiger partial charge >= 0.3 is 6.18 Å². The number of rotatable bonds is 2. The molecule has 2 aromatic heterocycles. The topological polar surface area (TPSA) is 56.7 Å². The Kier molecular flexibility index (Phi) is 2.94. The Morgan fingerprint density at radius 3 is 2.56 bits per heavy atom. The number of alkyl halides is 3. The van der Waals surface area contributed by atoms with Crippen molar-refractivity contribution >= 4 is 11.3 Å². The third kappa shape index (κ3) is 2.01. The molecule has 0 spiro atoms. The van der Waals surface area contributed by atoms with Gasteiger partial charge in [-0.15, -0.1) is 11.3 Å². The minimum absolute atomic E-state index is 0.253. The molecule has 0 aliphatic carbocycles. The van der Waals surface area contributed by atoms with Crippen molar-refractivity contribution < 1.29 is 13.2 Å². The van der Waals surface area contributed by atoms with Gasteiger partial charge in [-0.05, 0) is 18.4 Å². The summed E-state index contributed by atoms with van der Waals surface area (Å²) in [7, 11) is 1.40. The minimum Gasteiger partial charge on any atom is -0.311 e. The highest BCUT2D eigenvalue weighted by Crippen LogP contribution is 2.36. The van der Waals surface area contributed by atoms with Crippen LogP contribution in [-0.4, -0.2) is 20.9 Å². The molecular weight excluding hydrogens is 265 g/mol. The van der Waals surface area contributed by atoms with Crippen molar-refractivity contribution in [3.8, 4) is 10.7 Å². The van der Waals surface area contributed by atoms with Gasteiger partial charge < -0.3 is 5.73 Å². The van der Waals surface area contributed by atoms with E-state index in [9.17, 15) is 13.2 Å². The van der Waals surface area contributed by atoms with Gasteiger partial charge in [-0.2, -0.15) is 18.3 Å². The molecule has 2 aromatic rings. The van der Waals surface area contributed by atoms with E-state index in [4.69, 9.17) is 5.73 Å². The van der Waals surface area contributed by atoms with Gasteiger partial charge in [-0.25, -0.2) is 4.98 Å². The quantitative estimate of drug-likeness (QED) is 0.915. The van der Waals surface area contributed by atoms with Crippen LogP contribution in [0.15, 0.2) is 17.5 Å². The number of aromatic nitrogens is 3. The van der Waals surface area contributed by atoms with E-state index in [0.29, 0.717) is 4.88 Å². The van der Waals surface area contributed by atoms with Crippen molar-refractivity contribution in [2.24, 2.45) is 12.8 Å². The fourth-order valence-electron chi connectivity index (χ4n) is 1.47. The van der Waals surface area contributed by atoms with Gasteiger partial charge in [0, 0.05) is 7.05 Å². The molecule has 0 aromatic carbocycles. The molecule has 98 valence electrons. The molecule has 18 heavy (non-hydrogen) atoms. The van der Waals surface area contributed by atoms with Gasteiger partial charge in [0.2, 0.25) is 0 Å². The maximum absolute atomic E-state index is 12.8. The second-order valence-corrected chi connectivity index (χ2v) is 5.01. The maximum Gasteiger partial charge on any atom is 0.413 e. The van der Waals surface area contributed by atoms with Crippen molar-refractivity contribution in [1.29, 1.82) is 0 Å². The Balaban J connectivity index is 2.48. The lowest BCUT2D eigenvalue weighted by Crippen LogP contribution is -2.49. The number of nitrogens with two attached hydrogens (primary N) is 1. The van der Waals surface area contributed by atoms with Crippen LogP contribution in [0.3, 0.4) is 0 Å². The summed E-state index contributed by atoms with van der Waals surface area (Å²) in [6.07, 6.45) is -4.58. The Morgan fingerprint density at radius 1 is 1.39 bits per heavy atom. The lowest BCUT2D eigenvalue weighted by Gasteiger charge is -2.25. The standard InChI is InChI=1S/C10H11F3N4S/c1-9(14,10(11,12)13)8-15-7(16-17(8)2)6-4-3-5-18-6/h3-5H,14H2,1-2H3. The summed E-state index contributed by atoms with van der Waals surface area (Å²) in [6.45, 7) is 0.884. The Hall–Kier alpha value is -1.41. The number of halogens is 3. The number of nitrogens with zero attached hydrogens (tertiary/aromatic N) is 3. The van der Waals surface area contributed by atoms with E-state index >= 15 is 0 Å². The van der Waals surface area contributed by atoms with Gasteiger partial charge in [-0.3, -0.25) is 4.68 Å². The summed E-state index contributed by atoms with van der Waals surface area (Å²) in [5.41, 5.74) is 2.81. The fourth-order valence-corrected chi connectivity index (χ4v) is 2.13. The van der Waals surface area contributed by atoms with Gasteiger partial charge in [-0.1, -0.05) is 6.07 Å². The number of aryl methyl sites for hydroxylation is 1. The van der Waals surface area contributed by atoms with Crippen molar-refractivity contribution in [2.75, 3.05) is 0 Å². The van der Waals surface area contributed by atoms with E-state index in [0.717, 1.165) is 11.6 Å². The van der Waals surface area contributed by atoms with Gasteiger partial charge in [0.15, 0.2) is 17.2 Å². The van der Waals surface area contributed by atoms with Crippen LogP contribution in [0.1, 0.15) is 12.7 Å². The monoisotopic (exact) mass is 276 g/mol. The smallest absolute Gasteiger partial charge is 0.311 e. The molecule has 2 heterocycles. The Labute approximate surface area is 105 Å². The Morgan fingerprint density at radius 2 is 2.06 bits per heavy atom. The van der Waals surface area contributed by atoms with Crippen LogP contribution >= 0.6 is 11.3 Å². The molecule has 0 aliphatic rings.